The summed E-state index contributed by atoms with van der Waals surface area (Å²) < 4.78 is 13.2. The number of anilines is 1. The maximum absolute atomic E-state index is 13.0. The molecular weight excluding hydrogens is 656 g/mol. The smallest absolute Gasteiger partial charge is 0.220 e. The highest BCUT2D eigenvalue weighted by molar-refractivity contribution is 5.92. The summed E-state index contributed by atoms with van der Waals surface area (Å²) in [6.07, 6.45) is 5.67. The van der Waals surface area contributed by atoms with Crippen LogP contribution in [-0.4, -0.2) is 85.0 Å². The van der Waals surface area contributed by atoms with Crippen molar-refractivity contribution in [2.24, 2.45) is 0 Å². The van der Waals surface area contributed by atoms with Gasteiger partial charge in [0.1, 0.15) is 5.75 Å². The molecule has 0 saturated carbocycles. The zero-order valence-electron chi connectivity index (χ0n) is 31.5. The van der Waals surface area contributed by atoms with Crippen LogP contribution in [0.1, 0.15) is 68.3 Å². The van der Waals surface area contributed by atoms with E-state index in [0.717, 1.165) is 109 Å². The van der Waals surface area contributed by atoms with Crippen molar-refractivity contribution in [2.75, 3.05) is 52.8 Å². The molecule has 1 aliphatic rings. The Hall–Kier alpha value is -4.52. The van der Waals surface area contributed by atoms with Crippen LogP contribution in [0.2, 0.25) is 0 Å². The van der Waals surface area contributed by atoms with E-state index in [2.05, 4.69) is 89.5 Å². The number of rotatable bonds is 19. The number of aryl methyl sites for hydroxylation is 2. The molecule has 0 radical (unpaired) electrons. The van der Waals surface area contributed by atoms with Gasteiger partial charge in [-0.2, -0.15) is 5.10 Å². The molecule has 0 aliphatic carbocycles. The van der Waals surface area contributed by atoms with Crippen molar-refractivity contribution in [1.29, 1.82) is 0 Å². The van der Waals surface area contributed by atoms with Gasteiger partial charge in [0.2, 0.25) is 11.8 Å². The fraction of sp³-hybridized carbons (Fsp3) is 0.500. The van der Waals surface area contributed by atoms with Gasteiger partial charge >= 0.3 is 0 Å². The van der Waals surface area contributed by atoms with Crippen LogP contribution in [0.4, 0.5) is 5.69 Å². The van der Waals surface area contributed by atoms with Crippen LogP contribution >= 0.6 is 0 Å². The molecule has 0 spiro atoms. The van der Waals surface area contributed by atoms with Crippen LogP contribution in [-0.2, 0) is 46.9 Å². The Morgan fingerprint density at radius 1 is 0.981 bits per heavy atom. The number of aromatic nitrogens is 3. The van der Waals surface area contributed by atoms with Gasteiger partial charge in [-0.25, -0.2) is 9.67 Å². The minimum absolute atomic E-state index is 0.0866. The number of amides is 2. The van der Waals surface area contributed by atoms with Crippen LogP contribution in [0.25, 0.3) is 22.2 Å². The van der Waals surface area contributed by atoms with Gasteiger partial charge in [0, 0.05) is 75.1 Å². The van der Waals surface area contributed by atoms with Gasteiger partial charge in [0.05, 0.1) is 24.4 Å². The summed E-state index contributed by atoms with van der Waals surface area (Å²) in [5.74, 6) is 0.409. The third-order valence-electron chi connectivity index (χ3n) is 9.50. The van der Waals surface area contributed by atoms with E-state index in [1.54, 1.807) is 7.11 Å². The summed E-state index contributed by atoms with van der Waals surface area (Å²) in [6.45, 7) is 9.76. The number of methoxy groups -OCH3 is 1. The van der Waals surface area contributed by atoms with Crippen molar-refractivity contribution in [2.45, 2.75) is 84.6 Å². The molecule has 4 aromatic rings. The van der Waals surface area contributed by atoms with E-state index in [9.17, 15) is 9.59 Å². The molecule has 0 bridgehead atoms. The van der Waals surface area contributed by atoms with Crippen LogP contribution in [0, 0.1) is 0 Å². The largest absolute Gasteiger partial charge is 0.496 e. The topological polar surface area (TPSA) is 135 Å². The lowest BCUT2D eigenvalue weighted by Crippen LogP contribution is -2.30. The predicted molar refractivity (Wildman–Crippen MR) is 206 cm³/mol. The molecule has 0 unspecified atom stereocenters. The van der Waals surface area contributed by atoms with E-state index in [1.807, 2.05) is 23.0 Å². The van der Waals surface area contributed by atoms with Crippen molar-refractivity contribution in [3.05, 3.63) is 71.0 Å². The van der Waals surface area contributed by atoms with E-state index >= 15 is 0 Å². The minimum Gasteiger partial charge on any atom is -0.496 e. The zero-order valence-corrected chi connectivity index (χ0v) is 31.5. The maximum Gasteiger partial charge on any atom is 0.220 e. The second-order valence-electron chi connectivity index (χ2n) is 13.6. The lowest BCUT2D eigenvalue weighted by Gasteiger charge is -2.26. The molecule has 3 heterocycles. The summed E-state index contributed by atoms with van der Waals surface area (Å²) in [7, 11) is 5.85. The second-order valence-corrected chi connectivity index (χ2v) is 13.6. The lowest BCUT2D eigenvalue weighted by molar-refractivity contribution is -0.126. The highest BCUT2D eigenvalue weighted by atomic mass is 16.5. The third-order valence-corrected chi connectivity index (χ3v) is 9.50. The number of nitrogens with one attached hydrogen (secondary N) is 4. The second kappa shape index (κ2) is 19.4. The number of ether oxygens (including phenoxy) is 2. The molecule has 280 valence electrons. The first-order chi connectivity index (χ1) is 25.3. The molecule has 1 aliphatic heterocycles. The maximum atomic E-state index is 13.0. The van der Waals surface area contributed by atoms with E-state index in [4.69, 9.17) is 14.5 Å². The molecule has 52 heavy (non-hydrogen) atoms. The average Bonchev–Trinajstić information content (AvgIpc) is 3.58. The molecule has 5 rings (SSSR count). The average molecular weight is 713 g/mol. The molecule has 2 amide bonds. The summed E-state index contributed by atoms with van der Waals surface area (Å²) >= 11 is 0. The summed E-state index contributed by atoms with van der Waals surface area (Å²) in [5, 5.41) is 18.8. The van der Waals surface area contributed by atoms with Gasteiger partial charge in [0.25, 0.3) is 0 Å². The van der Waals surface area contributed by atoms with Crippen LogP contribution in [0.5, 0.6) is 5.75 Å². The van der Waals surface area contributed by atoms with Gasteiger partial charge in [-0.15, -0.1) is 0 Å². The Balaban J connectivity index is 1.16. The summed E-state index contributed by atoms with van der Waals surface area (Å²) in [5.41, 5.74) is 7.88. The summed E-state index contributed by atoms with van der Waals surface area (Å²) in [4.78, 5) is 33.1. The monoisotopic (exact) mass is 712 g/mol. The van der Waals surface area contributed by atoms with E-state index in [1.165, 1.54) is 5.56 Å². The van der Waals surface area contributed by atoms with Gasteiger partial charge < -0.3 is 35.6 Å². The minimum atomic E-state index is -0.183. The normalized spacial score (nSPS) is 13.4. The van der Waals surface area contributed by atoms with Crippen molar-refractivity contribution in [3.8, 4) is 16.9 Å². The fourth-order valence-corrected chi connectivity index (χ4v) is 6.58. The number of hydrogen-bond acceptors (Lipinski definition) is 9. The van der Waals surface area contributed by atoms with Gasteiger partial charge in [-0.3, -0.25) is 9.59 Å². The van der Waals surface area contributed by atoms with E-state index < -0.39 is 0 Å². The highest BCUT2D eigenvalue weighted by Gasteiger charge is 2.22. The zero-order chi connectivity index (χ0) is 36.9. The quantitative estimate of drug-likeness (QED) is 0.0988. The first-order valence-corrected chi connectivity index (χ1v) is 18.7. The van der Waals surface area contributed by atoms with Crippen molar-refractivity contribution >= 4 is 28.5 Å². The first kappa shape index (κ1) is 38.7. The van der Waals surface area contributed by atoms with Gasteiger partial charge in [0.15, 0.2) is 5.65 Å². The Bertz CT molecular complexity index is 1780. The Labute approximate surface area is 308 Å². The SMILES string of the molecule is CCc1nc2c(cnn2CC)c(NC2CCOCC2)c1CNC(=O)CCC(=O)NCc1ccc(OC)c(-c2cccc(CNCCCN(C)C)c2)c1. The number of pyridine rings is 1. The van der Waals surface area contributed by atoms with Gasteiger partial charge in [-0.1, -0.05) is 31.2 Å². The Morgan fingerprint density at radius 3 is 2.44 bits per heavy atom. The van der Waals surface area contributed by atoms with Crippen molar-refractivity contribution in [3.63, 3.8) is 0 Å². The Morgan fingerprint density at radius 2 is 1.73 bits per heavy atom. The van der Waals surface area contributed by atoms with Crippen LogP contribution in [0.3, 0.4) is 0 Å². The lowest BCUT2D eigenvalue weighted by atomic mass is 9.99. The van der Waals surface area contributed by atoms with Crippen molar-refractivity contribution in [1.82, 2.24) is 35.6 Å². The number of fused-ring (bicyclic) bond motifs is 1. The molecule has 0 atom stereocenters. The van der Waals surface area contributed by atoms with Gasteiger partial charge in [-0.05, 0) is 94.7 Å². The fourth-order valence-electron chi connectivity index (χ4n) is 6.58. The van der Waals surface area contributed by atoms with E-state index in [0.29, 0.717) is 19.5 Å². The Kier molecular flexibility index (Phi) is 14.4. The van der Waals surface area contributed by atoms with Crippen LogP contribution in [0.15, 0.2) is 48.7 Å². The molecule has 2 aromatic heterocycles. The number of carbonyl (C=O) groups excluding carboxylic acids is 2. The van der Waals surface area contributed by atoms with Crippen molar-refractivity contribution < 1.29 is 19.1 Å². The van der Waals surface area contributed by atoms with Crippen LogP contribution < -0.4 is 26.0 Å². The highest BCUT2D eigenvalue weighted by Crippen LogP contribution is 2.33. The molecule has 1 saturated heterocycles. The molecule has 4 N–H and O–H groups in total. The standard InChI is InChI=1S/C40H56N8O4/c1-6-35-33(39(45-31-16-20-52-21-17-31)34-27-44-48(7-2)40(34)46-35)26-43-38(50)15-14-37(49)42-25-29-12-13-36(51-5)32(23-29)30-11-8-10-28(22-30)24-41-18-9-19-47(3)4/h8,10-13,22-23,27,31,41H,6-7,9,14-21,24-26H2,1-5H3,(H,42,49)(H,43,50)(H,45,46). The predicted octanol–water partition coefficient (Wildman–Crippen LogP) is 5.03. The molecule has 12 heteroatoms. The summed E-state index contributed by atoms with van der Waals surface area (Å²) in [6, 6.07) is 14.7. The third kappa shape index (κ3) is 10.5. The molecule has 12 nitrogen and oxygen atoms in total. The molecule has 1 fully saturated rings. The first-order valence-electron chi connectivity index (χ1n) is 18.7. The number of hydrogen-bond donors (Lipinski definition) is 4. The number of nitrogens with zero attached hydrogens (tertiary/aromatic N) is 4. The number of benzene rings is 2. The molecule has 2 aromatic carbocycles. The molecular formula is C40H56N8O4. The number of carbonyl (C=O) groups is 2. The van der Waals surface area contributed by atoms with E-state index in [-0.39, 0.29) is 30.7 Å².